The van der Waals surface area contributed by atoms with Crippen LogP contribution in [-0.2, 0) is 11.0 Å². The molecular formula is C8H8F3N2O. The van der Waals surface area contributed by atoms with Gasteiger partial charge in [-0.25, -0.2) is 0 Å². The van der Waals surface area contributed by atoms with E-state index in [-0.39, 0.29) is 5.69 Å². The number of hydrogen-bond acceptors (Lipinski definition) is 2. The van der Waals surface area contributed by atoms with Gasteiger partial charge in [0.15, 0.2) is 5.69 Å². The number of rotatable bonds is 2. The minimum Gasteiger partial charge on any atom is -0.288 e. The lowest BCUT2D eigenvalue weighted by atomic mass is 10.3. The average Bonchev–Trinajstić information content (AvgIpc) is 2.45. The Bertz CT molecular complexity index is 343. The van der Waals surface area contributed by atoms with Gasteiger partial charge in [0.2, 0.25) is 6.29 Å². The fourth-order valence-corrected chi connectivity index (χ4v) is 1.07. The third kappa shape index (κ3) is 1.94. The number of hydrogen-bond donors (Lipinski definition) is 0. The third-order valence-electron chi connectivity index (χ3n) is 1.75. The number of aryl methyl sites for hydroxylation is 1. The maximum Gasteiger partial charge on any atom is 0.435 e. The number of aromatic nitrogens is 2. The third-order valence-corrected chi connectivity index (χ3v) is 1.75. The number of carbonyl (C=O) groups excluding carboxylic acids is 1. The lowest BCUT2D eigenvalue weighted by Crippen LogP contribution is -2.12. The summed E-state index contributed by atoms with van der Waals surface area (Å²) < 4.78 is 37.5. The molecule has 14 heavy (non-hydrogen) atoms. The summed E-state index contributed by atoms with van der Waals surface area (Å²) in [5.41, 5.74) is -0.703. The monoisotopic (exact) mass is 205 g/mol. The predicted molar refractivity (Wildman–Crippen MR) is 42.4 cm³/mol. The van der Waals surface area contributed by atoms with Crippen LogP contribution in [0.1, 0.15) is 24.4 Å². The summed E-state index contributed by atoms with van der Waals surface area (Å²) >= 11 is 0. The van der Waals surface area contributed by atoms with Crippen molar-refractivity contribution in [1.29, 1.82) is 0 Å². The molecule has 1 aromatic heterocycles. The molecule has 1 heterocycles. The van der Waals surface area contributed by atoms with Gasteiger partial charge in [0.1, 0.15) is 6.04 Å². The highest BCUT2D eigenvalue weighted by Gasteiger charge is 2.34. The average molecular weight is 205 g/mol. The Balaban J connectivity index is 3.11. The van der Waals surface area contributed by atoms with Gasteiger partial charge in [-0.2, -0.15) is 18.3 Å². The molecule has 1 rings (SSSR count). The van der Waals surface area contributed by atoms with Crippen LogP contribution >= 0.6 is 0 Å². The van der Waals surface area contributed by atoms with Gasteiger partial charge in [0, 0.05) is 5.69 Å². The van der Waals surface area contributed by atoms with Crippen molar-refractivity contribution in [2.24, 2.45) is 0 Å². The summed E-state index contributed by atoms with van der Waals surface area (Å²) in [4.78, 5) is 10.2. The van der Waals surface area contributed by atoms with Gasteiger partial charge >= 0.3 is 6.18 Å². The molecule has 0 bridgehead atoms. The lowest BCUT2D eigenvalue weighted by molar-refractivity contribution is -0.141. The van der Waals surface area contributed by atoms with Gasteiger partial charge in [-0.05, 0) is 19.9 Å². The van der Waals surface area contributed by atoms with Crippen LogP contribution in [0.4, 0.5) is 13.2 Å². The predicted octanol–water partition coefficient (Wildman–Crippen LogP) is 1.88. The van der Waals surface area contributed by atoms with E-state index >= 15 is 0 Å². The van der Waals surface area contributed by atoms with Crippen molar-refractivity contribution in [1.82, 2.24) is 9.78 Å². The molecule has 0 saturated heterocycles. The Hall–Kier alpha value is -1.33. The topological polar surface area (TPSA) is 34.9 Å². The normalized spacial score (nSPS) is 14.1. The highest BCUT2D eigenvalue weighted by atomic mass is 19.4. The molecule has 6 heteroatoms. The molecule has 77 valence electrons. The smallest absolute Gasteiger partial charge is 0.288 e. The minimum atomic E-state index is -4.47. The summed E-state index contributed by atoms with van der Waals surface area (Å²) in [5.74, 6) is 0. The molecule has 0 N–H and O–H groups in total. The molecule has 0 fully saturated rings. The van der Waals surface area contributed by atoms with E-state index in [1.807, 2.05) is 0 Å². The Morgan fingerprint density at radius 2 is 2.14 bits per heavy atom. The summed E-state index contributed by atoms with van der Waals surface area (Å²) in [7, 11) is 0. The summed E-state index contributed by atoms with van der Waals surface area (Å²) in [6.45, 7) is 2.88. The van der Waals surface area contributed by atoms with Crippen LogP contribution in [0.5, 0.6) is 0 Å². The van der Waals surface area contributed by atoms with Crippen molar-refractivity contribution in [3.8, 4) is 0 Å². The van der Waals surface area contributed by atoms with Crippen molar-refractivity contribution in [2.45, 2.75) is 26.1 Å². The number of halogens is 3. The van der Waals surface area contributed by atoms with Crippen LogP contribution in [0.15, 0.2) is 6.07 Å². The lowest BCUT2D eigenvalue weighted by Gasteiger charge is -2.05. The molecule has 0 saturated carbocycles. The number of alkyl halides is 3. The zero-order valence-electron chi connectivity index (χ0n) is 7.59. The summed E-state index contributed by atoms with van der Waals surface area (Å²) in [6, 6.07) is 0.0968. The number of nitrogens with zero attached hydrogens (tertiary/aromatic N) is 2. The van der Waals surface area contributed by atoms with E-state index in [1.54, 1.807) is 6.29 Å². The second kappa shape index (κ2) is 3.43. The second-order valence-corrected chi connectivity index (χ2v) is 2.91. The first-order valence-electron chi connectivity index (χ1n) is 3.87. The quantitative estimate of drug-likeness (QED) is 0.738. The zero-order chi connectivity index (χ0) is 10.9. The van der Waals surface area contributed by atoms with Crippen LogP contribution in [0.3, 0.4) is 0 Å². The van der Waals surface area contributed by atoms with Gasteiger partial charge in [0.05, 0.1) is 0 Å². The molecule has 0 aliphatic carbocycles. The highest BCUT2D eigenvalue weighted by Crippen LogP contribution is 2.28. The molecule has 0 aliphatic heterocycles. The Kier molecular flexibility index (Phi) is 2.64. The van der Waals surface area contributed by atoms with Crippen LogP contribution in [0.25, 0.3) is 0 Å². The van der Waals surface area contributed by atoms with E-state index in [0.29, 0.717) is 0 Å². The fourth-order valence-electron chi connectivity index (χ4n) is 1.07. The largest absolute Gasteiger partial charge is 0.435 e. The first-order chi connectivity index (χ1) is 6.36. The van der Waals surface area contributed by atoms with Crippen LogP contribution < -0.4 is 0 Å². The first-order valence-corrected chi connectivity index (χ1v) is 3.87. The van der Waals surface area contributed by atoms with Crippen LogP contribution in [-0.4, -0.2) is 16.1 Å². The van der Waals surface area contributed by atoms with Gasteiger partial charge in [-0.1, -0.05) is 0 Å². The van der Waals surface area contributed by atoms with E-state index in [1.165, 1.54) is 13.8 Å². The van der Waals surface area contributed by atoms with Crippen molar-refractivity contribution >= 4 is 6.29 Å². The molecule has 0 spiro atoms. The molecule has 1 atom stereocenters. The van der Waals surface area contributed by atoms with Crippen molar-refractivity contribution in [2.75, 3.05) is 0 Å². The minimum absolute atomic E-state index is 0.285. The highest BCUT2D eigenvalue weighted by molar-refractivity contribution is 5.56. The van der Waals surface area contributed by atoms with E-state index in [4.69, 9.17) is 0 Å². The van der Waals surface area contributed by atoms with E-state index in [2.05, 4.69) is 5.10 Å². The van der Waals surface area contributed by atoms with E-state index < -0.39 is 17.9 Å². The van der Waals surface area contributed by atoms with Gasteiger partial charge < -0.3 is 0 Å². The van der Waals surface area contributed by atoms with Crippen LogP contribution in [0, 0.1) is 6.92 Å². The molecule has 0 amide bonds. The Labute approximate surface area is 78.5 Å². The van der Waals surface area contributed by atoms with Crippen molar-refractivity contribution in [3.63, 3.8) is 0 Å². The molecule has 1 unspecified atom stereocenters. The van der Waals surface area contributed by atoms with Crippen molar-refractivity contribution in [3.05, 3.63) is 17.5 Å². The van der Waals surface area contributed by atoms with Crippen molar-refractivity contribution < 1.29 is 18.0 Å². The molecule has 1 radical (unpaired) electrons. The molecule has 0 aliphatic rings. The van der Waals surface area contributed by atoms with E-state index in [0.717, 1.165) is 10.7 Å². The second-order valence-electron chi connectivity index (χ2n) is 2.91. The van der Waals surface area contributed by atoms with Gasteiger partial charge in [-0.3, -0.25) is 9.48 Å². The Morgan fingerprint density at radius 3 is 2.50 bits per heavy atom. The maximum atomic E-state index is 12.2. The van der Waals surface area contributed by atoms with Gasteiger partial charge in [-0.15, -0.1) is 0 Å². The van der Waals surface area contributed by atoms with Crippen LogP contribution in [0.2, 0.25) is 0 Å². The molecular weight excluding hydrogens is 197 g/mol. The Morgan fingerprint density at radius 1 is 1.57 bits per heavy atom. The van der Waals surface area contributed by atoms with E-state index in [9.17, 15) is 18.0 Å². The van der Waals surface area contributed by atoms with Gasteiger partial charge in [0.25, 0.3) is 0 Å². The first kappa shape index (κ1) is 10.7. The molecule has 0 aromatic carbocycles. The SMILES string of the molecule is Cc1cc(C(F)(F)F)nn1C(C)[C]=O. The summed E-state index contributed by atoms with van der Waals surface area (Å²) in [5, 5.41) is 3.28. The standard InChI is InChI=1S/C8H8F3N2O/c1-5-3-7(8(9,10)11)12-13(5)6(2)4-14/h3,6H,1-2H3. The fraction of sp³-hybridized carbons (Fsp3) is 0.500. The maximum absolute atomic E-state index is 12.2. The molecule has 1 aromatic rings. The summed E-state index contributed by atoms with van der Waals surface area (Å²) in [6.07, 6.45) is -2.90. The zero-order valence-corrected chi connectivity index (χ0v) is 7.59. The molecule has 3 nitrogen and oxygen atoms in total.